The van der Waals surface area contributed by atoms with Crippen LogP contribution in [0.2, 0.25) is 0 Å². The molecule has 3 rings (SSSR count). The van der Waals surface area contributed by atoms with Crippen LogP contribution in [0.1, 0.15) is 21.6 Å². The normalized spacial score (nSPS) is 10.6. The van der Waals surface area contributed by atoms with Crippen LogP contribution in [-0.2, 0) is 6.42 Å². The predicted octanol–water partition coefficient (Wildman–Crippen LogP) is 4.43. The predicted molar refractivity (Wildman–Crippen MR) is 109 cm³/mol. The first kappa shape index (κ1) is 19.2. The topological polar surface area (TPSA) is 57.7 Å². The van der Waals surface area contributed by atoms with E-state index in [1.807, 2.05) is 36.4 Å². The average molecular weight is 430 g/mol. The molecule has 6 heteroatoms. The molecule has 0 aliphatic rings. The maximum atomic E-state index is 11.5. The Morgan fingerprint density at radius 2 is 1.89 bits per heavy atom. The highest BCUT2D eigenvalue weighted by molar-refractivity contribution is 9.09. The number of fused-ring (bicyclic) bond motifs is 1. The molecule has 5 nitrogen and oxygen atoms in total. The lowest BCUT2D eigenvalue weighted by molar-refractivity contribution is 0.112. The number of rotatable bonds is 8. The minimum absolute atomic E-state index is 0.508. The van der Waals surface area contributed by atoms with Crippen LogP contribution in [0.15, 0.2) is 42.6 Å². The Morgan fingerprint density at radius 1 is 1.07 bits per heavy atom. The van der Waals surface area contributed by atoms with Crippen molar-refractivity contribution in [3.8, 4) is 17.2 Å². The summed E-state index contributed by atoms with van der Waals surface area (Å²) in [5.41, 5.74) is 2.45. The third-order valence-corrected chi connectivity index (χ3v) is 4.58. The van der Waals surface area contributed by atoms with E-state index in [0.717, 1.165) is 34.1 Å². The summed E-state index contributed by atoms with van der Waals surface area (Å²) in [6.45, 7) is 0.508. The van der Waals surface area contributed by atoms with E-state index in [1.54, 1.807) is 20.4 Å². The molecule has 0 amide bonds. The Hall–Kier alpha value is -2.60. The first-order valence-electron chi connectivity index (χ1n) is 8.46. The van der Waals surface area contributed by atoms with Gasteiger partial charge in [-0.2, -0.15) is 0 Å². The molecule has 0 fully saturated rings. The molecular formula is C21H20BrNO4. The van der Waals surface area contributed by atoms with Gasteiger partial charge in [0.05, 0.1) is 26.5 Å². The lowest BCUT2D eigenvalue weighted by Crippen LogP contribution is -2.02. The van der Waals surface area contributed by atoms with Crippen molar-refractivity contribution in [3.63, 3.8) is 0 Å². The van der Waals surface area contributed by atoms with Crippen LogP contribution in [-0.4, -0.2) is 37.4 Å². The molecule has 0 saturated heterocycles. The van der Waals surface area contributed by atoms with E-state index in [2.05, 4.69) is 20.9 Å². The van der Waals surface area contributed by atoms with Gasteiger partial charge < -0.3 is 14.2 Å². The van der Waals surface area contributed by atoms with Gasteiger partial charge in [0, 0.05) is 28.9 Å². The van der Waals surface area contributed by atoms with E-state index in [-0.39, 0.29) is 0 Å². The molecule has 0 N–H and O–H groups in total. The van der Waals surface area contributed by atoms with Gasteiger partial charge in [-0.25, -0.2) is 0 Å². The van der Waals surface area contributed by atoms with Crippen molar-refractivity contribution < 1.29 is 19.0 Å². The second-order valence-corrected chi connectivity index (χ2v) is 6.69. The molecule has 2 aromatic carbocycles. The molecule has 1 aromatic heterocycles. The lowest BCUT2D eigenvalue weighted by Gasteiger charge is -2.14. The van der Waals surface area contributed by atoms with Crippen molar-refractivity contribution in [2.45, 2.75) is 6.42 Å². The van der Waals surface area contributed by atoms with E-state index in [1.165, 1.54) is 0 Å². The number of carbonyl (C=O) groups excluding carboxylic acids is 1. The number of benzene rings is 2. The van der Waals surface area contributed by atoms with Crippen LogP contribution >= 0.6 is 15.9 Å². The van der Waals surface area contributed by atoms with Crippen molar-refractivity contribution in [2.24, 2.45) is 0 Å². The molecule has 0 spiro atoms. The number of pyridine rings is 1. The highest BCUT2D eigenvalue weighted by atomic mass is 79.9. The second kappa shape index (κ2) is 8.86. The Balaban J connectivity index is 2.12. The van der Waals surface area contributed by atoms with Crippen molar-refractivity contribution in [2.75, 3.05) is 26.2 Å². The van der Waals surface area contributed by atoms with Crippen LogP contribution in [0.5, 0.6) is 17.2 Å². The maximum absolute atomic E-state index is 11.5. The summed E-state index contributed by atoms with van der Waals surface area (Å²) in [7, 11) is 3.23. The lowest BCUT2D eigenvalue weighted by atomic mass is 10.00. The second-order valence-electron chi connectivity index (χ2n) is 5.89. The van der Waals surface area contributed by atoms with Crippen molar-refractivity contribution in [3.05, 3.63) is 59.4 Å². The number of aromatic nitrogens is 1. The highest BCUT2D eigenvalue weighted by Crippen LogP contribution is 2.35. The maximum Gasteiger partial charge on any atom is 0.161 e. The Bertz CT molecular complexity index is 958. The summed E-state index contributed by atoms with van der Waals surface area (Å²) < 4.78 is 16.5. The molecule has 3 aromatic rings. The smallest absolute Gasteiger partial charge is 0.161 e. The van der Waals surface area contributed by atoms with E-state index < -0.39 is 0 Å². The SMILES string of the molecule is COc1cccc(Cc2ncc(C=O)c3cc(OC)c(OCCBr)cc23)c1. The number of alkyl halides is 1. The van der Waals surface area contributed by atoms with Crippen molar-refractivity contribution >= 4 is 33.0 Å². The van der Waals surface area contributed by atoms with Crippen LogP contribution in [0.4, 0.5) is 0 Å². The Morgan fingerprint density at radius 3 is 2.59 bits per heavy atom. The van der Waals surface area contributed by atoms with Gasteiger partial charge in [0.15, 0.2) is 17.8 Å². The zero-order valence-corrected chi connectivity index (χ0v) is 16.8. The fourth-order valence-corrected chi connectivity index (χ4v) is 3.12. The van der Waals surface area contributed by atoms with Gasteiger partial charge in [-0.15, -0.1) is 0 Å². The summed E-state index contributed by atoms with van der Waals surface area (Å²) in [4.78, 5) is 16.0. The number of halogens is 1. The first-order chi connectivity index (χ1) is 13.2. The molecule has 1 heterocycles. The number of nitrogens with zero attached hydrogens (tertiary/aromatic N) is 1. The van der Waals surface area contributed by atoms with E-state index in [0.29, 0.717) is 35.4 Å². The molecule has 0 bridgehead atoms. The summed E-state index contributed by atoms with van der Waals surface area (Å²) >= 11 is 3.36. The van der Waals surface area contributed by atoms with Crippen molar-refractivity contribution in [1.82, 2.24) is 4.98 Å². The summed E-state index contributed by atoms with van der Waals surface area (Å²) in [6.07, 6.45) is 3.02. The van der Waals surface area contributed by atoms with Gasteiger partial charge in [0.25, 0.3) is 0 Å². The third kappa shape index (κ3) is 4.22. The summed E-state index contributed by atoms with van der Waals surface area (Å²) in [6, 6.07) is 11.6. The number of methoxy groups -OCH3 is 2. The van der Waals surface area contributed by atoms with Crippen LogP contribution in [0.3, 0.4) is 0 Å². The zero-order chi connectivity index (χ0) is 19.2. The Kier molecular flexibility index (Phi) is 6.29. The zero-order valence-electron chi connectivity index (χ0n) is 15.2. The molecule has 0 atom stereocenters. The number of ether oxygens (including phenoxy) is 3. The quantitative estimate of drug-likeness (QED) is 0.391. The largest absolute Gasteiger partial charge is 0.497 e. The molecule has 140 valence electrons. The molecule has 27 heavy (non-hydrogen) atoms. The number of carbonyl (C=O) groups is 1. The fraction of sp³-hybridized carbons (Fsp3) is 0.238. The van der Waals surface area contributed by atoms with Gasteiger partial charge in [0.2, 0.25) is 0 Å². The number of hydrogen-bond donors (Lipinski definition) is 0. The van der Waals surface area contributed by atoms with Crippen molar-refractivity contribution in [1.29, 1.82) is 0 Å². The van der Waals surface area contributed by atoms with Crippen LogP contribution < -0.4 is 14.2 Å². The van der Waals surface area contributed by atoms with Gasteiger partial charge in [-0.3, -0.25) is 9.78 Å². The number of aldehydes is 1. The van der Waals surface area contributed by atoms with Gasteiger partial charge in [-0.1, -0.05) is 28.1 Å². The third-order valence-electron chi connectivity index (χ3n) is 4.25. The van der Waals surface area contributed by atoms with Crippen LogP contribution in [0, 0.1) is 0 Å². The van der Waals surface area contributed by atoms with E-state index in [9.17, 15) is 4.79 Å². The van der Waals surface area contributed by atoms with Gasteiger partial charge >= 0.3 is 0 Å². The standard InChI is InChI=1S/C21H20BrNO4/c1-25-16-5-3-4-14(8-16)9-19-18-11-21(27-7-6-22)20(26-2)10-17(18)15(13-24)12-23-19/h3-5,8,10-13H,6-7,9H2,1-2H3. The molecular weight excluding hydrogens is 410 g/mol. The first-order valence-corrected chi connectivity index (χ1v) is 9.58. The van der Waals surface area contributed by atoms with E-state index >= 15 is 0 Å². The number of hydrogen-bond acceptors (Lipinski definition) is 5. The highest BCUT2D eigenvalue weighted by Gasteiger charge is 2.14. The molecule has 0 aliphatic carbocycles. The molecule has 0 unspecified atom stereocenters. The summed E-state index contributed by atoms with van der Waals surface area (Å²) in [5.74, 6) is 2.01. The van der Waals surface area contributed by atoms with E-state index in [4.69, 9.17) is 14.2 Å². The summed E-state index contributed by atoms with van der Waals surface area (Å²) in [5, 5.41) is 2.37. The fourth-order valence-electron chi connectivity index (χ4n) is 2.96. The molecule has 0 saturated carbocycles. The van der Waals surface area contributed by atoms with Crippen LogP contribution in [0.25, 0.3) is 10.8 Å². The monoisotopic (exact) mass is 429 g/mol. The van der Waals surface area contributed by atoms with Gasteiger partial charge in [-0.05, 0) is 35.2 Å². The average Bonchev–Trinajstić information content (AvgIpc) is 2.72. The minimum Gasteiger partial charge on any atom is -0.497 e. The minimum atomic E-state index is 0.508. The van der Waals surface area contributed by atoms with Gasteiger partial charge in [0.1, 0.15) is 5.75 Å². The molecule has 0 radical (unpaired) electrons. The Labute approximate surface area is 166 Å². The molecule has 0 aliphatic heterocycles.